The average molecular weight is 231 g/mol. The monoisotopic (exact) mass is 231 g/mol. The van der Waals surface area contributed by atoms with Crippen LogP contribution in [-0.2, 0) is 4.79 Å². The number of benzene rings is 1. The summed E-state index contributed by atoms with van der Waals surface area (Å²) in [4.78, 5) is 13.5. The molecule has 4 nitrogen and oxygen atoms in total. The summed E-state index contributed by atoms with van der Waals surface area (Å²) in [6.45, 7) is 4.35. The topological polar surface area (TPSA) is 56.1 Å². The summed E-state index contributed by atoms with van der Waals surface area (Å²) < 4.78 is 0. The molecule has 1 rings (SSSR count). The van der Waals surface area contributed by atoms with E-state index < -0.39 is 0 Å². The molecule has 0 saturated carbocycles. The molecule has 0 aromatic heterocycles. The standard InChI is InChI=1S/C13H17N3O/c1-4-15-13(17)10(2)16(3)12-7-5-6-11(8-12)9-14/h5-8,10H,4H2,1-3H3,(H,15,17). The predicted octanol–water partition coefficient (Wildman–Crippen LogP) is 1.52. The van der Waals surface area contributed by atoms with Crippen LogP contribution in [0.1, 0.15) is 19.4 Å². The number of hydrogen-bond donors (Lipinski definition) is 1. The first kappa shape index (κ1) is 13.0. The summed E-state index contributed by atoms with van der Waals surface area (Å²) in [5.74, 6) is -0.0163. The van der Waals surface area contributed by atoms with Crippen molar-refractivity contribution in [3.63, 3.8) is 0 Å². The third kappa shape index (κ3) is 3.22. The molecule has 4 heteroatoms. The Morgan fingerprint density at radius 3 is 2.88 bits per heavy atom. The number of nitrogens with one attached hydrogen (secondary N) is 1. The van der Waals surface area contributed by atoms with Crippen LogP contribution >= 0.6 is 0 Å². The lowest BCUT2D eigenvalue weighted by Gasteiger charge is -2.26. The van der Waals surface area contributed by atoms with Gasteiger partial charge in [-0.25, -0.2) is 0 Å². The van der Waals surface area contributed by atoms with Crippen molar-refractivity contribution in [1.29, 1.82) is 5.26 Å². The smallest absolute Gasteiger partial charge is 0.242 e. The summed E-state index contributed by atoms with van der Waals surface area (Å²) in [6, 6.07) is 9.05. The number of nitriles is 1. The molecular formula is C13H17N3O. The van der Waals surface area contributed by atoms with E-state index in [4.69, 9.17) is 5.26 Å². The molecule has 0 aliphatic carbocycles. The lowest BCUT2D eigenvalue weighted by Crippen LogP contribution is -2.43. The van der Waals surface area contributed by atoms with Gasteiger partial charge in [0.15, 0.2) is 0 Å². The molecule has 0 bridgehead atoms. The van der Waals surface area contributed by atoms with Gasteiger partial charge in [0.2, 0.25) is 5.91 Å². The van der Waals surface area contributed by atoms with Crippen molar-refractivity contribution in [2.45, 2.75) is 19.9 Å². The highest BCUT2D eigenvalue weighted by Gasteiger charge is 2.17. The average Bonchev–Trinajstić information content (AvgIpc) is 2.37. The number of anilines is 1. The van der Waals surface area contributed by atoms with Crippen LogP contribution in [0.2, 0.25) is 0 Å². The van der Waals surface area contributed by atoms with Crippen molar-refractivity contribution in [2.24, 2.45) is 0 Å². The van der Waals surface area contributed by atoms with E-state index in [0.29, 0.717) is 12.1 Å². The molecular weight excluding hydrogens is 214 g/mol. The molecule has 0 heterocycles. The second-order valence-electron chi connectivity index (χ2n) is 3.84. The first-order chi connectivity index (χ1) is 8.10. The van der Waals surface area contributed by atoms with Gasteiger partial charge in [0.25, 0.3) is 0 Å². The van der Waals surface area contributed by atoms with E-state index in [0.717, 1.165) is 5.69 Å². The molecule has 0 fully saturated rings. The maximum atomic E-state index is 11.7. The second kappa shape index (κ2) is 5.90. The highest BCUT2D eigenvalue weighted by atomic mass is 16.2. The summed E-state index contributed by atoms with van der Waals surface area (Å²) >= 11 is 0. The summed E-state index contributed by atoms with van der Waals surface area (Å²) in [7, 11) is 1.84. The van der Waals surface area contributed by atoms with Crippen LogP contribution in [0.5, 0.6) is 0 Å². The minimum Gasteiger partial charge on any atom is -0.363 e. The molecule has 1 atom stereocenters. The van der Waals surface area contributed by atoms with E-state index in [1.165, 1.54) is 0 Å². The zero-order valence-corrected chi connectivity index (χ0v) is 10.4. The van der Waals surface area contributed by atoms with E-state index in [1.807, 2.05) is 37.9 Å². The zero-order valence-electron chi connectivity index (χ0n) is 10.4. The first-order valence-corrected chi connectivity index (χ1v) is 5.60. The number of amides is 1. The highest BCUT2D eigenvalue weighted by molar-refractivity contribution is 5.84. The van der Waals surface area contributed by atoms with Gasteiger partial charge in [0, 0.05) is 19.3 Å². The SMILES string of the molecule is CCNC(=O)C(C)N(C)c1cccc(C#N)c1. The highest BCUT2D eigenvalue weighted by Crippen LogP contribution is 2.16. The molecule has 1 aromatic rings. The van der Waals surface area contributed by atoms with Crippen LogP contribution in [0.15, 0.2) is 24.3 Å². The molecule has 0 saturated heterocycles. The van der Waals surface area contributed by atoms with Crippen LogP contribution in [0.3, 0.4) is 0 Å². The van der Waals surface area contributed by atoms with E-state index >= 15 is 0 Å². The summed E-state index contributed by atoms with van der Waals surface area (Å²) in [6.07, 6.45) is 0. The quantitative estimate of drug-likeness (QED) is 0.854. The Morgan fingerprint density at radius 2 is 2.29 bits per heavy atom. The van der Waals surface area contributed by atoms with Crippen molar-refractivity contribution < 1.29 is 4.79 Å². The van der Waals surface area contributed by atoms with Gasteiger partial charge in [-0.3, -0.25) is 4.79 Å². The number of rotatable bonds is 4. The lowest BCUT2D eigenvalue weighted by molar-refractivity contribution is -0.121. The van der Waals surface area contributed by atoms with Crippen molar-refractivity contribution in [2.75, 3.05) is 18.5 Å². The first-order valence-electron chi connectivity index (χ1n) is 5.60. The number of carbonyl (C=O) groups excluding carboxylic acids is 1. The third-order valence-corrected chi connectivity index (χ3v) is 2.69. The molecule has 17 heavy (non-hydrogen) atoms. The van der Waals surface area contributed by atoms with Gasteiger partial charge in [-0.15, -0.1) is 0 Å². The Morgan fingerprint density at radius 1 is 1.59 bits per heavy atom. The molecule has 1 amide bonds. The van der Waals surface area contributed by atoms with Crippen LogP contribution in [0.25, 0.3) is 0 Å². The Bertz CT molecular complexity index is 437. The Labute approximate surface area is 102 Å². The zero-order chi connectivity index (χ0) is 12.8. The molecule has 1 aromatic carbocycles. The van der Waals surface area contributed by atoms with Crippen LogP contribution < -0.4 is 10.2 Å². The van der Waals surface area contributed by atoms with E-state index in [1.54, 1.807) is 12.1 Å². The minimum absolute atomic E-state index is 0.0163. The summed E-state index contributed by atoms with van der Waals surface area (Å²) in [5, 5.41) is 11.6. The molecule has 1 unspecified atom stereocenters. The van der Waals surface area contributed by atoms with Gasteiger partial charge in [-0.2, -0.15) is 5.26 Å². The van der Waals surface area contributed by atoms with Gasteiger partial charge < -0.3 is 10.2 Å². The van der Waals surface area contributed by atoms with Crippen molar-refractivity contribution >= 4 is 11.6 Å². The maximum Gasteiger partial charge on any atom is 0.242 e. The van der Waals surface area contributed by atoms with Gasteiger partial charge in [0.05, 0.1) is 11.6 Å². The molecule has 0 aliphatic rings. The molecule has 0 aliphatic heterocycles. The Hall–Kier alpha value is -2.02. The minimum atomic E-state index is -0.260. The second-order valence-corrected chi connectivity index (χ2v) is 3.84. The van der Waals surface area contributed by atoms with E-state index in [2.05, 4.69) is 11.4 Å². The fourth-order valence-corrected chi connectivity index (χ4v) is 1.52. The van der Waals surface area contributed by atoms with Crippen LogP contribution in [-0.4, -0.2) is 25.5 Å². The van der Waals surface area contributed by atoms with Gasteiger partial charge in [0.1, 0.15) is 6.04 Å². The fourth-order valence-electron chi connectivity index (χ4n) is 1.52. The van der Waals surface area contributed by atoms with Crippen molar-refractivity contribution in [3.05, 3.63) is 29.8 Å². The Kier molecular flexibility index (Phi) is 4.53. The normalized spacial score (nSPS) is 11.4. The van der Waals surface area contributed by atoms with Gasteiger partial charge in [-0.1, -0.05) is 6.07 Å². The largest absolute Gasteiger partial charge is 0.363 e. The van der Waals surface area contributed by atoms with Crippen LogP contribution in [0, 0.1) is 11.3 Å². The molecule has 0 radical (unpaired) electrons. The number of carbonyl (C=O) groups is 1. The molecule has 1 N–H and O–H groups in total. The maximum absolute atomic E-state index is 11.7. The number of likely N-dealkylation sites (N-methyl/N-ethyl adjacent to an activating group) is 2. The molecule has 90 valence electrons. The lowest BCUT2D eigenvalue weighted by atomic mass is 10.1. The van der Waals surface area contributed by atoms with E-state index in [-0.39, 0.29) is 11.9 Å². The van der Waals surface area contributed by atoms with E-state index in [9.17, 15) is 4.79 Å². The van der Waals surface area contributed by atoms with Crippen molar-refractivity contribution in [1.82, 2.24) is 5.32 Å². The van der Waals surface area contributed by atoms with Crippen molar-refractivity contribution in [3.8, 4) is 6.07 Å². The van der Waals surface area contributed by atoms with Crippen LogP contribution in [0.4, 0.5) is 5.69 Å². The number of nitrogens with zero attached hydrogens (tertiary/aromatic N) is 2. The number of hydrogen-bond acceptors (Lipinski definition) is 3. The third-order valence-electron chi connectivity index (χ3n) is 2.69. The predicted molar refractivity (Wildman–Crippen MR) is 67.7 cm³/mol. The van der Waals surface area contributed by atoms with Gasteiger partial charge in [-0.05, 0) is 32.0 Å². The molecule has 0 spiro atoms. The summed E-state index contributed by atoms with van der Waals surface area (Å²) in [5.41, 5.74) is 1.46. The van der Waals surface area contributed by atoms with Gasteiger partial charge >= 0.3 is 0 Å². The fraction of sp³-hybridized carbons (Fsp3) is 0.385. The Balaban J connectivity index is 2.85.